The van der Waals surface area contributed by atoms with Crippen molar-refractivity contribution in [2.24, 2.45) is 5.92 Å². The second-order valence-corrected chi connectivity index (χ2v) is 5.63. The van der Waals surface area contributed by atoms with E-state index in [1.807, 2.05) is 0 Å². The third-order valence-electron chi connectivity index (χ3n) is 3.64. The number of fused-ring (bicyclic) bond motifs is 1. The van der Waals surface area contributed by atoms with Gasteiger partial charge in [-0.2, -0.15) is 0 Å². The Morgan fingerprint density at radius 1 is 1.45 bits per heavy atom. The molecule has 0 radical (unpaired) electrons. The molecule has 1 N–H and O–H groups in total. The summed E-state index contributed by atoms with van der Waals surface area (Å²) in [5.41, 5.74) is 2.41. The smallest absolute Gasteiger partial charge is 0.259 e. The lowest BCUT2D eigenvalue weighted by atomic mass is 9.89. The molecule has 1 aromatic carbocycles. The molecule has 3 rings (SSSR count). The van der Waals surface area contributed by atoms with Gasteiger partial charge in [-0.3, -0.25) is 10.1 Å². The van der Waals surface area contributed by atoms with Gasteiger partial charge in [-0.15, -0.1) is 0 Å². The van der Waals surface area contributed by atoms with Crippen LogP contribution in [0.5, 0.6) is 0 Å². The summed E-state index contributed by atoms with van der Waals surface area (Å²) in [6.45, 7) is 2.19. The van der Waals surface area contributed by atoms with E-state index in [0.717, 1.165) is 30.5 Å². The van der Waals surface area contributed by atoms with Crippen molar-refractivity contribution in [3.05, 3.63) is 46.1 Å². The first-order valence-electron chi connectivity index (χ1n) is 6.68. The summed E-state index contributed by atoms with van der Waals surface area (Å²) in [4.78, 5) is 12.2. The Hall–Kier alpha value is -1.81. The summed E-state index contributed by atoms with van der Waals surface area (Å²) in [7, 11) is 0. The van der Waals surface area contributed by atoms with E-state index in [0.29, 0.717) is 22.4 Å². The van der Waals surface area contributed by atoms with Crippen LogP contribution in [-0.4, -0.2) is 11.1 Å². The number of nitrogens with zero attached hydrogens (tertiary/aromatic N) is 1. The Labute approximate surface area is 122 Å². The molecule has 1 amide bonds. The third kappa shape index (κ3) is 2.43. The minimum atomic E-state index is -0.271. The lowest BCUT2D eigenvalue weighted by molar-refractivity contribution is 0.102. The number of rotatable bonds is 2. The molecule has 4 nitrogen and oxygen atoms in total. The number of benzene rings is 1. The molecule has 1 atom stereocenters. The molecule has 104 valence electrons. The van der Waals surface area contributed by atoms with Gasteiger partial charge in [-0.1, -0.05) is 35.8 Å². The molecule has 0 saturated heterocycles. The fraction of sp³-hybridized carbons (Fsp3) is 0.333. The first kappa shape index (κ1) is 13.2. The van der Waals surface area contributed by atoms with E-state index in [9.17, 15) is 4.79 Å². The molecule has 0 spiro atoms. The highest BCUT2D eigenvalue weighted by Crippen LogP contribution is 2.31. The van der Waals surface area contributed by atoms with Crippen molar-refractivity contribution >= 4 is 23.4 Å². The van der Waals surface area contributed by atoms with Crippen molar-refractivity contribution in [3.63, 3.8) is 0 Å². The number of halogens is 1. The SMILES string of the molecule is C[C@H]1CCc2noc(NC(=O)c3ccccc3Cl)c2C1. The number of aryl methyl sites for hydroxylation is 1. The van der Waals surface area contributed by atoms with E-state index < -0.39 is 0 Å². The molecule has 5 heteroatoms. The zero-order valence-electron chi connectivity index (χ0n) is 11.1. The number of anilines is 1. The van der Waals surface area contributed by atoms with E-state index >= 15 is 0 Å². The Kier molecular flexibility index (Phi) is 3.49. The van der Waals surface area contributed by atoms with E-state index in [-0.39, 0.29) is 5.91 Å². The summed E-state index contributed by atoms with van der Waals surface area (Å²) < 4.78 is 5.27. The molecule has 1 aliphatic rings. The summed E-state index contributed by atoms with van der Waals surface area (Å²) in [5.74, 6) is 0.766. The van der Waals surface area contributed by atoms with Crippen LogP contribution in [0.4, 0.5) is 5.88 Å². The summed E-state index contributed by atoms with van der Waals surface area (Å²) >= 11 is 6.02. The van der Waals surface area contributed by atoms with Crippen molar-refractivity contribution in [3.8, 4) is 0 Å². The van der Waals surface area contributed by atoms with Crippen molar-refractivity contribution in [2.45, 2.75) is 26.2 Å². The number of hydrogen-bond donors (Lipinski definition) is 1. The van der Waals surface area contributed by atoms with Gasteiger partial charge in [0, 0.05) is 5.56 Å². The highest BCUT2D eigenvalue weighted by atomic mass is 35.5. The molecular weight excluding hydrogens is 276 g/mol. The van der Waals surface area contributed by atoms with E-state index in [1.165, 1.54) is 0 Å². The zero-order chi connectivity index (χ0) is 14.1. The number of aromatic nitrogens is 1. The number of nitrogens with one attached hydrogen (secondary N) is 1. The maximum Gasteiger partial charge on any atom is 0.259 e. The first-order valence-corrected chi connectivity index (χ1v) is 7.06. The largest absolute Gasteiger partial charge is 0.338 e. The molecule has 1 aromatic heterocycles. The number of hydrogen-bond acceptors (Lipinski definition) is 3. The molecule has 1 heterocycles. The molecule has 1 aliphatic carbocycles. The van der Waals surface area contributed by atoms with Gasteiger partial charge in [0.2, 0.25) is 5.88 Å². The fourth-order valence-corrected chi connectivity index (χ4v) is 2.72. The molecule has 0 aliphatic heterocycles. The monoisotopic (exact) mass is 290 g/mol. The van der Waals surface area contributed by atoms with Crippen LogP contribution in [0.25, 0.3) is 0 Å². The van der Waals surface area contributed by atoms with Crippen LogP contribution in [0.1, 0.15) is 35.0 Å². The molecular formula is C15H15ClN2O2. The van der Waals surface area contributed by atoms with Gasteiger partial charge in [0.15, 0.2) is 0 Å². The minimum absolute atomic E-state index is 0.271. The van der Waals surface area contributed by atoms with Crippen LogP contribution >= 0.6 is 11.6 Å². The molecule has 20 heavy (non-hydrogen) atoms. The third-order valence-corrected chi connectivity index (χ3v) is 3.97. The Morgan fingerprint density at radius 3 is 3.05 bits per heavy atom. The highest BCUT2D eigenvalue weighted by Gasteiger charge is 2.24. The maximum atomic E-state index is 12.2. The van der Waals surface area contributed by atoms with Crippen LogP contribution in [0.3, 0.4) is 0 Å². The molecule has 0 saturated carbocycles. The van der Waals surface area contributed by atoms with Crippen LogP contribution in [0.15, 0.2) is 28.8 Å². The normalized spacial score (nSPS) is 17.6. The fourth-order valence-electron chi connectivity index (χ4n) is 2.50. The van der Waals surface area contributed by atoms with Gasteiger partial charge < -0.3 is 4.52 Å². The standard InChI is InChI=1S/C15H15ClN2O2/c1-9-6-7-13-11(8-9)15(20-18-13)17-14(19)10-4-2-3-5-12(10)16/h2-5,9H,6-8H2,1H3,(H,17,19)/t9-/m0/s1. The second-order valence-electron chi connectivity index (χ2n) is 5.22. The summed E-state index contributed by atoms with van der Waals surface area (Å²) in [5, 5.41) is 7.24. The van der Waals surface area contributed by atoms with Crippen molar-refractivity contribution < 1.29 is 9.32 Å². The topological polar surface area (TPSA) is 55.1 Å². The summed E-state index contributed by atoms with van der Waals surface area (Å²) in [6.07, 6.45) is 2.90. The predicted octanol–water partition coefficient (Wildman–Crippen LogP) is 3.71. The first-order chi connectivity index (χ1) is 9.65. The van der Waals surface area contributed by atoms with Crippen LogP contribution < -0.4 is 5.32 Å². The Balaban J connectivity index is 1.84. The van der Waals surface area contributed by atoms with Gasteiger partial charge >= 0.3 is 0 Å². The van der Waals surface area contributed by atoms with Crippen LogP contribution in [-0.2, 0) is 12.8 Å². The van der Waals surface area contributed by atoms with Crippen LogP contribution in [0.2, 0.25) is 5.02 Å². The zero-order valence-corrected chi connectivity index (χ0v) is 11.9. The average molecular weight is 291 g/mol. The van der Waals surface area contributed by atoms with Crippen molar-refractivity contribution in [2.75, 3.05) is 5.32 Å². The molecule has 2 aromatic rings. The van der Waals surface area contributed by atoms with E-state index in [2.05, 4.69) is 17.4 Å². The van der Waals surface area contributed by atoms with Crippen LogP contribution in [0, 0.1) is 5.92 Å². The van der Waals surface area contributed by atoms with Gasteiger partial charge in [0.1, 0.15) is 0 Å². The minimum Gasteiger partial charge on any atom is -0.338 e. The number of carbonyl (C=O) groups is 1. The Bertz CT molecular complexity index is 651. The average Bonchev–Trinajstić information content (AvgIpc) is 2.82. The van der Waals surface area contributed by atoms with Crippen molar-refractivity contribution in [1.82, 2.24) is 5.16 Å². The van der Waals surface area contributed by atoms with Gasteiger partial charge in [-0.05, 0) is 37.3 Å². The maximum absolute atomic E-state index is 12.2. The van der Waals surface area contributed by atoms with E-state index in [1.54, 1.807) is 24.3 Å². The van der Waals surface area contributed by atoms with Gasteiger partial charge in [0.25, 0.3) is 5.91 Å². The summed E-state index contributed by atoms with van der Waals surface area (Å²) in [6, 6.07) is 6.94. The lowest BCUT2D eigenvalue weighted by Crippen LogP contribution is -2.16. The highest BCUT2D eigenvalue weighted by molar-refractivity contribution is 6.34. The second kappa shape index (κ2) is 5.29. The van der Waals surface area contributed by atoms with Crippen molar-refractivity contribution in [1.29, 1.82) is 0 Å². The van der Waals surface area contributed by atoms with E-state index in [4.69, 9.17) is 16.1 Å². The quantitative estimate of drug-likeness (QED) is 0.917. The number of amides is 1. The molecule has 0 unspecified atom stereocenters. The lowest BCUT2D eigenvalue weighted by Gasteiger charge is -2.16. The molecule has 0 fully saturated rings. The number of carbonyl (C=O) groups excluding carboxylic acids is 1. The molecule has 0 bridgehead atoms. The van der Waals surface area contributed by atoms with Gasteiger partial charge in [-0.25, -0.2) is 0 Å². The predicted molar refractivity (Wildman–Crippen MR) is 77.1 cm³/mol. The Morgan fingerprint density at radius 2 is 2.25 bits per heavy atom. The van der Waals surface area contributed by atoms with Gasteiger partial charge in [0.05, 0.1) is 16.3 Å².